The summed E-state index contributed by atoms with van der Waals surface area (Å²) >= 11 is 0. The molecule has 0 unspecified atom stereocenters. The van der Waals surface area contributed by atoms with Crippen LogP contribution in [0.3, 0.4) is 0 Å². The number of fused-ring (bicyclic) bond motifs is 4. The zero-order chi connectivity index (χ0) is 43.9. The molecular weight excluding hydrogens is 757 g/mol. The molecule has 0 radical (unpaired) electrons. The molecule has 1 aliphatic rings. The van der Waals surface area contributed by atoms with Gasteiger partial charge in [0.1, 0.15) is 17.3 Å². The van der Waals surface area contributed by atoms with Crippen LogP contribution in [-0.4, -0.2) is 23.3 Å². The number of nitrogens with zero attached hydrogens (tertiary/aromatic N) is 4. The van der Waals surface area contributed by atoms with E-state index in [0.717, 1.165) is 46.1 Å². The third-order valence-electron chi connectivity index (χ3n) is 12.5. The van der Waals surface area contributed by atoms with Gasteiger partial charge in [0.2, 0.25) is 0 Å². The summed E-state index contributed by atoms with van der Waals surface area (Å²) in [5, 5.41) is 2.34. The summed E-state index contributed by atoms with van der Waals surface area (Å²) in [6.45, 7) is 26.1. The lowest BCUT2D eigenvalue weighted by Crippen LogP contribution is -2.24. The van der Waals surface area contributed by atoms with E-state index >= 15 is 0 Å². The van der Waals surface area contributed by atoms with Crippen molar-refractivity contribution in [3.05, 3.63) is 161 Å². The summed E-state index contributed by atoms with van der Waals surface area (Å²) < 4.78 is 9.08. The smallest absolute Gasteiger partial charge is 0.138 e. The lowest BCUT2D eigenvalue weighted by molar-refractivity contribution is 0.483. The monoisotopic (exact) mass is 816 g/mol. The number of para-hydroxylation sites is 2. The lowest BCUT2D eigenvalue weighted by atomic mass is 9.71. The Bertz CT molecular complexity index is 2970. The lowest BCUT2D eigenvalue weighted by Gasteiger charge is -2.34. The van der Waals surface area contributed by atoms with E-state index in [0.29, 0.717) is 0 Å². The van der Waals surface area contributed by atoms with Gasteiger partial charge in [-0.15, -0.1) is 0 Å². The average molecular weight is 817 g/mol. The molecule has 0 spiro atoms. The highest BCUT2D eigenvalue weighted by molar-refractivity contribution is 6.09. The maximum absolute atomic E-state index is 6.77. The van der Waals surface area contributed by atoms with E-state index in [2.05, 4.69) is 219 Å². The summed E-state index contributed by atoms with van der Waals surface area (Å²) in [5.74, 6) is 2.44. The van der Waals surface area contributed by atoms with Crippen LogP contribution in [0, 0.1) is 13.8 Å². The highest BCUT2D eigenvalue weighted by Crippen LogP contribution is 2.48. The van der Waals surface area contributed by atoms with Crippen LogP contribution in [0.4, 0.5) is 17.1 Å². The van der Waals surface area contributed by atoms with E-state index in [-0.39, 0.29) is 16.2 Å². The van der Waals surface area contributed by atoms with Gasteiger partial charge in [-0.3, -0.25) is 4.57 Å². The van der Waals surface area contributed by atoms with Crippen LogP contribution in [0.5, 0.6) is 11.5 Å². The quantitative estimate of drug-likeness (QED) is 0.167. The topological polar surface area (TPSA) is 33.5 Å². The fourth-order valence-corrected chi connectivity index (χ4v) is 9.47. The molecule has 1 aliphatic heterocycles. The molecule has 0 N–H and O–H groups in total. The van der Waals surface area contributed by atoms with E-state index in [4.69, 9.17) is 9.72 Å². The number of hydrogen-bond acceptors (Lipinski definition) is 4. The van der Waals surface area contributed by atoms with Gasteiger partial charge in [0.15, 0.2) is 0 Å². The van der Waals surface area contributed by atoms with Crippen molar-refractivity contribution in [1.82, 2.24) is 9.55 Å². The fourth-order valence-electron chi connectivity index (χ4n) is 9.47. The third kappa shape index (κ3) is 7.42. The molecule has 3 heterocycles. The van der Waals surface area contributed by atoms with E-state index in [9.17, 15) is 0 Å². The largest absolute Gasteiger partial charge is 0.457 e. The van der Waals surface area contributed by atoms with Crippen molar-refractivity contribution in [3.63, 3.8) is 0 Å². The van der Waals surface area contributed by atoms with Gasteiger partial charge >= 0.3 is 0 Å². The Labute approximate surface area is 368 Å². The van der Waals surface area contributed by atoms with Gasteiger partial charge in [0.05, 0.1) is 29.1 Å². The molecule has 314 valence electrons. The molecule has 9 rings (SSSR count). The molecule has 5 heteroatoms. The van der Waals surface area contributed by atoms with Crippen LogP contribution >= 0.6 is 0 Å². The Kier molecular flexibility index (Phi) is 9.89. The fraction of sp³-hybridized carbons (Fsp3) is 0.281. The number of anilines is 3. The van der Waals surface area contributed by atoms with Gasteiger partial charge in [0, 0.05) is 47.4 Å². The molecule has 0 fully saturated rings. The second-order valence-corrected chi connectivity index (χ2v) is 20.5. The van der Waals surface area contributed by atoms with Crippen molar-refractivity contribution in [2.45, 2.75) is 92.4 Å². The highest BCUT2D eigenvalue weighted by atomic mass is 16.5. The molecule has 0 atom stereocenters. The maximum Gasteiger partial charge on any atom is 0.138 e. The van der Waals surface area contributed by atoms with Gasteiger partial charge in [0.25, 0.3) is 0 Å². The van der Waals surface area contributed by atoms with Crippen molar-refractivity contribution in [2.75, 3.05) is 23.5 Å². The highest BCUT2D eigenvalue weighted by Gasteiger charge is 2.31. The molecule has 5 nitrogen and oxygen atoms in total. The first kappa shape index (κ1) is 41.0. The molecule has 0 saturated carbocycles. The number of aromatic nitrogens is 2. The van der Waals surface area contributed by atoms with Crippen molar-refractivity contribution < 1.29 is 4.74 Å². The Morgan fingerprint density at radius 2 is 1.23 bits per heavy atom. The Morgan fingerprint density at radius 3 is 1.92 bits per heavy atom. The SMILES string of the molecule is Cc1cc(C)cc(-c2cccc3c2N(C)CN3c2cccc(Oc3ccc4c5ccccc5n(-c5cc(-c6c(C(C)(C)C)cc(C(C)(C)C)cc6C(C)(C)C)ccn5)c4c3)c2)c1. The molecule has 62 heavy (non-hydrogen) atoms. The normalized spacial score (nSPS) is 13.4. The molecule has 6 aromatic carbocycles. The van der Waals surface area contributed by atoms with Crippen LogP contribution in [0.15, 0.2) is 134 Å². The van der Waals surface area contributed by atoms with Crippen LogP contribution in [0.2, 0.25) is 0 Å². The first-order chi connectivity index (χ1) is 29.3. The van der Waals surface area contributed by atoms with E-state index in [1.54, 1.807) is 0 Å². The van der Waals surface area contributed by atoms with Crippen molar-refractivity contribution in [3.8, 4) is 39.6 Å². The Morgan fingerprint density at radius 1 is 0.565 bits per heavy atom. The third-order valence-corrected chi connectivity index (χ3v) is 12.5. The molecule has 0 saturated heterocycles. The minimum atomic E-state index is -0.0754. The molecule has 2 aromatic heterocycles. The second-order valence-electron chi connectivity index (χ2n) is 20.5. The van der Waals surface area contributed by atoms with Crippen LogP contribution in [0.25, 0.3) is 49.9 Å². The maximum atomic E-state index is 6.77. The molecule has 0 amide bonds. The zero-order valence-corrected chi connectivity index (χ0v) is 38.6. The number of ether oxygens (including phenoxy) is 1. The van der Waals surface area contributed by atoms with Gasteiger partial charge < -0.3 is 14.5 Å². The minimum Gasteiger partial charge on any atom is -0.457 e. The molecule has 0 bridgehead atoms. The van der Waals surface area contributed by atoms with Crippen molar-refractivity contribution in [1.29, 1.82) is 0 Å². The Hall–Kier alpha value is -6.33. The summed E-state index contributed by atoms with van der Waals surface area (Å²) in [6, 6.07) is 46.4. The first-order valence-electron chi connectivity index (χ1n) is 22.0. The van der Waals surface area contributed by atoms with Crippen LogP contribution < -0.4 is 14.5 Å². The number of rotatable bonds is 6. The van der Waals surface area contributed by atoms with Gasteiger partial charge in [-0.05, 0) is 112 Å². The zero-order valence-electron chi connectivity index (χ0n) is 38.6. The minimum absolute atomic E-state index is 0.0214. The molecule has 0 aliphatic carbocycles. The van der Waals surface area contributed by atoms with E-state index in [1.807, 2.05) is 12.3 Å². The Balaban J connectivity index is 1.12. The van der Waals surface area contributed by atoms with Crippen LogP contribution in [0.1, 0.15) is 90.1 Å². The first-order valence-corrected chi connectivity index (χ1v) is 22.0. The van der Waals surface area contributed by atoms with Crippen molar-refractivity contribution >= 4 is 38.9 Å². The number of aryl methyl sites for hydroxylation is 2. The summed E-state index contributed by atoms with van der Waals surface area (Å²) in [4.78, 5) is 9.81. The summed E-state index contributed by atoms with van der Waals surface area (Å²) in [6.07, 6.45) is 1.98. The van der Waals surface area contributed by atoms with E-state index in [1.165, 1.54) is 66.8 Å². The van der Waals surface area contributed by atoms with Crippen molar-refractivity contribution in [2.24, 2.45) is 0 Å². The van der Waals surface area contributed by atoms with Gasteiger partial charge in [-0.1, -0.05) is 140 Å². The molecule has 8 aromatic rings. The standard InChI is InChI=1S/C57H60N4O/c1-36-27-37(2)29-39(28-36)44-20-16-22-50-54(44)59(12)35-60(50)41-17-15-18-42(33-41)62-43-23-24-46-45-19-13-14-21-49(45)61(51(46)34-43)52-30-38(25-26-58-52)53-47(56(6,7)8)31-40(55(3,4)5)32-48(53)57(9,10)11/h13-34H,35H2,1-12H3. The number of pyridine rings is 1. The predicted molar refractivity (Wildman–Crippen MR) is 263 cm³/mol. The number of hydrogen-bond donors (Lipinski definition) is 0. The summed E-state index contributed by atoms with van der Waals surface area (Å²) in [5.41, 5.74) is 17.2. The molecular formula is C57H60N4O. The van der Waals surface area contributed by atoms with Gasteiger partial charge in [-0.25, -0.2) is 4.98 Å². The van der Waals surface area contributed by atoms with Crippen LogP contribution in [-0.2, 0) is 16.2 Å². The average Bonchev–Trinajstić information content (AvgIpc) is 3.73. The van der Waals surface area contributed by atoms with E-state index < -0.39 is 0 Å². The van der Waals surface area contributed by atoms with Gasteiger partial charge in [-0.2, -0.15) is 0 Å². The predicted octanol–water partition coefficient (Wildman–Crippen LogP) is 15.4. The number of benzene rings is 6. The summed E-state index contributed by atoms with van der Waals surface area (Å²) in [7, 11) is 2.18. The second kappa shape index (κ2) is 14.9.